The summed E-state index contributed by atoms with van der Waals surface area (Å²) in [7, 11) is 0. The fourth-order valence-corrected chi connectivity index (χ4v) is 4.64. The molecule has 2 atom stereocenters. The van der Waals surface area contributed by atoms with Crippen LogP contribution in [0.5, 0.6) is 0 Å². The van der Waals surface area contributed by atoms with E-state index in [-0.39, 0.29) is 5.78 Å². The lowest BCUT2D eigenvalue weighted by atomic mass is 9.51. The van der Waals surface area contributed by atoms with Crippen LogP contribution in [0.25, 0.3) is 0 Å². The van der Waals surface area contributed by atoms with E-state index in [1.165, 1.54) is 0 Å². The van der Waals surface area contributed by atoms with Gasteiger partial charge in [-0.25, -0.2) is 0 Å². The van der Waals surface area contributed by atoms with Gasteiger partial charge >= 0.3 is 5.97 Å². The van der Waals surface area contributed by atoms with Gasteiger partial charge in [0.25, 0.3) is 0 Å². The molecule has 0 amide bonds. The normalized spacial score (nSPS) is 28.4. The van der Waals surface area contributed by atoms with Crippen molar-refractivity contribution in [2.24, 2.45) is 5.41 Å². The van der Waals surface area contributed by atoms with Gasteiger partial charge < -0.3 is 5.11 Å². The first-order chi connectivity index (χ1) is 10.2. The topological polar surface area (TPSA) is 54.4 Å². The van der Waals surface area contributed by atoms with Crippen LogP contribution >= 0.6 is 0 Å². The largest absolute Gasteiger partial charge is 0.481 e. The number of carbonyl (C=O) groups excluding carboxylic acids is 1. The lowest BCUT2D eigenvalue weighted by molar-refractivity contribution is -0.160. The van der Waals surface area contributed by atoms with Crippen molar-refractivity contribution < 1.29 is 14.7 Å². The molecular weight excluding hydrogens is 276 g/mol. The van der Waals surface area contributed by atoms with Gasteiger partial charge in [0, 0.05) is 0 Å². The van der Waals surface area contributed by atoms with Crippen LogP contribution in [0.2, 0.25) is 0 Å². The Morgan fingerprint density at radius 2 is 1.55 bits per heavy atom. The summed E-state index contributed by atoms with van der Waals surface area (Å²) in [5, 5.41) is 9.93. The molecule has 1 aliphatic rings. The number of hydrogen-bond acceptors (Lipinski definition) is 2. The maximum absolute atomic E-state index is 12.8. The smallest absolute Gasteiger partial charge is 0.310 e. The molecule has 1 aromatic rings. The highest BCUT2D eigenvalue weighted by Gasteiger charge is 2.59. The van der Waals surface area contributed by atoms with Crippen LogP contribution in [0.1, 0.15) is 61.8 Å². The van der Waals surface area contributed by atoms with Crippen LogP contribution in [-0.2, 0) is 15.0 Å². The van der Waals surface area contributed by atoms with Gasteiger partial charge in [-0.3, -0.25) is 9.59 Å². The number of ketones is 1. The Balaban J connectivity index is 2.84. The highest BCUT2D eigenvalue weighted by molar-refractivity contribution is 5.96. The van der Waals surface area contributed by atoms with Crippen LogP contribution < -0.4 is 0 Å². The van der Waals surface area contributed by atoms with Crippen LogP contribution in [0.4, 0.5) is 0 Å². The summed E-state index contributed by atoms with van der Waals surface area (Å²) in [5.41, 5.74) is 2.19. The Bertz CT molecular complexity index is 609. The first-order valence-corrected chi connectivity index (χ1v) is 7.99. The number of carbonyl (C=O) groups is 2. The van der Waals surface area contributed by atoms with Crippen LogP contribution in [0.15, 0.2) is 12.1 Å². The molecule has 3 heteroatoms. The summed E-state index contributed by atoms with van der Waals surface area (Å²) < 4.78 is 0. The molecule has 1 aromatic carbocycles. The minimum Gasteiger partial charge on any atom is -0.481 e. The molecule has 120 valence electrons. The van der Waals surface area contributed by atoms with Crippen molar-refractivity contribution in [2.75, 3.05) is 0 Å². The van der Waals surface area contributed by atoms with E-state index in [1.807, 2.05) is 20.8 Å². The first kappa shape index (κ1) is 16.7. The molecule has 0 saturated heterocycles. The van der Waals surface area contributed by atoms with E-state index < -0.39 is 16.8 Å². The Hall–Kier alpha value is -1.64. The Morgan fingerprint density at radius 1 is 1.05 bits per heavy atom. The van der Waals surface area contributed by atoms with E-state index in [9.17, 15) is 14.7 Å². The van der Waals surface area contributed by atoms with E-state index in [0.717, 1.165) is 35.1 Å². The summed E-state index contributed by atoms with van der Waals surface area (Å²) >= 11 is 0. The third-order valence-electron chi connectivity index (χ3n) is 5.60. The molecule has 0 spiro atoms. The number of aliphatic carboxylic acids is 1. The molecule has 0 aliphatic heterocycles. The Morgan fingerprint density at radius 3 is 2.00 bits per heavy atom. The molecule has 1 aliphatic carbocycles. The molecule has 0 bridgehead atoms. The Kier molecular flexibility index (Phi) is 4.20. The van der Waals surface area contributed by atoms with Gasteiger partial charge in [-0.15, -0.1) is 0 Å². The quantitative estimate of drug-likeness (QED) is 0.914. The van der Waals surface area contributed by atoms with Crippen molar-refractivity contribution in [3.05, 3.63) is 34.4 Å². The number of rotatable bonds is 3. The van der Waals surface area contributed by atoms with Crippen molar-refractivity contribution in [3.63, 3.8) is 0 Å². The van der Waals surface area contributed by atoms with Crippen molar-refractivity contribution >= 4 is 11.8 Å². The fourth-order valence-electron chi connectivity index (χ4n) is 4.64. The standard InChI is InChI=1S/C19H26O3/c1-12-10-13(2)16(14(3)11-12)19(15(4)20)9-7-6-8-18(19,5)17(21)22/h10-11H,6-9H2,1-5H3,(H,21,22). The second kappa shape index (κ2) is 5.53. The lowest BCUT2D eigenvalue weighted by Crippen LogP contribution is -2.56. The first-order valence-electron chi connectivity index (χ1n) is 7.99. The van der Waals surface area contributed by atoms with E-state index in [4.69, 9.17) is 0 Å². The van der Waals surface area contributed by atoms with Gasteiger partial charge in [0.2, 0.25) is 0 Å². The van der Waals surface area contributed by atoms with Gasteiger partial charge in [0.15, 0.2) is 0 Å². The molecule has 1 N–H and O–H groups in total. The highest BCUT2D eigenvalue weighted by atomic mass is 16.4. The average Bonchev–Trinajstić information content (AvgIpc) is 2.39. The van der Waals surface area contributed by atoms with E-state index in [1.54, 1.807) is 13.8 Å². The number of hydrogen-bond donors (Lipinski definition) is 1. The van der Waals surface area contributed by atoms with Crippen molar-refractivity contribution in [1.82, 2.24) is 0 Å². The fraction of sp³-hybridized carbons (Fsp3) is 0.579. The summed E-state index contributed by atoms with van der Waals surface area (Å²) in [6.45, 7) is 9.34. The average molecular weight is 302 g/mol. The second-order valence-electron chi connectivity index (χ2n) is 7.08. The molecule has 2 rings (SSSR count). The van der Waals surface area contributed by atoms with Crippen LogP contribution in [0, 0.1) is 26.2 Å². The van der Waals surface area contributed by atoms with Crippen LogP contribution in [-0.4, -0.2) is 16.9 Å². The summed E-state index contributed by atoms with van der Waals surface area (Å²) in [6.07, 6.45) is 2.93. The summed E-state index contributed by atoms with van der Waals surface area (Å²) in [4.78, 5) is 24.9. The summed E-state index contributed by atoms with van der Waals surface area (Å²) in [5.74, 6) is -0.881. The van der Waals surface area contributed by atoms with Gasteiger partial charge in [-0.1, -0.05) is 30.5 Å². The molecule has 0 radical (unpaired) electrons. The van der Waals surface area contributed by atoms with E-state index in [2.05, 4.69) is 12.1 Å². The zero-order chi connectivity index (χ0) is 16.7. The summed E-state index contributed by atoms with van der Waals surface area (Å²) in [6, 6.07) is 4.12. The SMILES string of the molecule is CC(=O)C1(c2c(C)cc(C)cc2C)CCCCC1(C)C(=O)O. The Labute approximate surface area is 132 Å². The zero-order valence-electron chi connectivity index (χ0n) is 14.2. The van der Waals surface area contributed by atoms with Gasteiger partial charge in [0.05, 0.1) is 10.8 Å². The van der Waals surface area contributed by atoms with E-state index in [0.29, 0.717) is 12.8 Å². The third-order valence-corrected chi connectivity index (χ3v) is 5.60. The molecule has 22 heavy (non-hydrogen) atoms. The van der Waals surface area contributed by atoms with Crippen molar-refractivity contribution in [1.29, 1.82) is 0 Å². The maximum atomic E-state index is 12.8. The number of Topliss-reactive ketones (excluding diaryl/α,β-unsaturated/α-hetero) is 1. The van der Waals surface area contributed by atoms with Gasteiger partial charge in [-0.05, 0) is 64.2 Å². The van der Waals surface area contributed by atoms with Crippen LogP contribution in [0.3, 0.4) is 0 Å². The predicted octanol–water partition coefficient (Wildman–Crippen LogP) is 4.10. The number of benzene rings is 1. The maximum Gasteiger partial charge on any atom is 0.310 e. The molecule has 1 fully saturated rings. The second-order valence-corrected chi connectivity index (χ2v) is 7.08. The molecule has 2 unspecified atom stereocenters. The number of carboxylic acids is 1. The predicted molar refractivity (Wildman–Crippen MR) is 87.2 cm³/mol. The van der Waals surface area contributed by atoms with E-state index >= 15 is 0 Å². The zero-order valence-corrected chi connectivity index (χ0v) is 14.2. The molecule has 3 nitrogen and oxygen atoms in total. The molecule has 0 heterocycles. The molecule has 1 saturated carbocycles. The number of carboxylic acid groups (broad SMARTS) is 1. The van der Waals surface area contributed by atoms with Crippen molar-refractivity contribution in [3.8, 4) is 0 Å². The van der Waals surface area contributed by atoms with Gasteiger partial charge in [-0.2, -0.15) is 0 Å². The minimum atomic E-state index is -1.04. The van der Waals surface area contributed by atoms with Gasteiger partial charge in [0.1, 0.15) is 5.78 Å². The monoisotopic (exact) mass is 302 g/mol. The lowest BCUT2D eigenvalue weighted by Gasteiger charge is -2.49. The number of aryl methyl sites for hydroxylation is 3. The third kappa shape index (κ3) is 2.18. The minimum absolute atomic E-state index is 0.0212. The van der Waals surface area contributed by atoms with Crippen molar-refractivity contribution in [2.45, 2.75) is 65.7 Å². The highest BCUT2D eigenvalue weighted by Crippen LogP contribution is 2.54. The molecule has 0 aromatic heterocycles. The molecular formula is C19H26O3.